The Bertz CT molecular complexity index is 541. The van der Waals surface area contributed by atoms with Crippen molar-refractivity contribution < 1.29 is 13.3 Å². The summed E-state index contributed by atoms with van der Waals surface area (Å²) in [6, 6.07) is 2.35. The summed E-state index contributed by atoms with van der Waals surface area (Å²) in [5.74, 6) is 2.19. The van der Waals surface area contributed by atoms with Crippen molar-refractivity contribution in [1.82, 2.24) is 4.31 Å². The van der Waals surface area contributed by atoms with E-state index in [1.165, 1.54) is 13.1 Å². The number of sulfonamides is 1. The molecule has 0 aliphatic heterocycles. The highest BCUT2D eigenvalue weighted by molar-refractivity contribution is 7.91. The summed E-state index contributed by atoms with van der Waals surface area (Å²) in [5.41, 5.74) is 0. The molecular formula is C8H8N2O4S2. The van der Waals surface area contributed by atoms with Crippen LogP contribution in [0, 0.1) is 22.5 Å². The summed E-state index contributed by atoms with van der Waals surface area (Å²) in [6.07, 6.45) is 5.00. The van der Waals surface area contributed by atoms with Crippen LogP contribution in [-0.2, 0) is 10.0 Å². The van der Waals surface area contributed by atoms with Crippen molar-refractivity contribution in [3.8, 4) is 12.3 Å². The van der Waals surface area contributed by atoms with Crippen molar-refractivity contribution in [2.75, 3.05) is 13.6 Å². The van der Waals surface area contributed by atoms with Gasteiger partial charge in [-0.3, -0.25) is 10.1 Å². The zero-order valence-electron chi connectivity index (χ0n) is 8.28. The molecule has 0 saturated carbocycles. The second-order valence-electron chi connectivity index (χ2n) is 2.81. The molecule has 0 radical (unpaired) electrons. The molecule has 0 fully saturated rings. The first kappa shape index (κ1) is 12.6. The van der Waals surface area contributed by atoms with E-state index < -0.39 is 14.9 Å². The SMILES string of the molecule is C#CCN(C)S(=O)(=O)c1ccc([N+](=O)[O-])s1. The fourth-order valence-corrected chi connectivity index (χ4v) is 3.32. The minimum atomic E-state index is -3.71. The minimum absolute atomic E-state index is 0.0754. The van der Waals surface area contributed by atoms with Gasteiger partial charge in [-0.05, 0) is 17.4 Å². The zero-order valence-corrected chi connectivity index (χ0v) is 9.92. The Labute approximate surface area is 96.7 Å². The van der Waals surface area contributed by atoms with Crippen LogP contribution < -0.4 is 0 Å². The van der Waals surface area contributed by atoms with Gasteiger partial charge >= 0.3 is 5.00 Å². The average molecular weight is 260 g/mol. The maximum Gasteiger partial charge on any atom is 0.325 e. The molecule has 0 aliphatic rings. The Morgan fingerprint density at radius 2 is 2.25 bits per heavy atom. The van der Waals surface area contributed by atoms with E-state index in [4.69, 9.17) is 6.42 Å². The first-order chi connectivity index (χ1) is 7.39. The number of thiophene rings is 1. The van der Waals surface area contributed by atoms with Crippen molar-refractivity contribution in [3.05, 3.63) is 22.2 Å². The Kier molecular flexibility index (Phi) is 3.64. The van der Waals surface area contributed by atoms with E-state index >= 15 is 0 Å². The third-order valence-electron chi connectivity index (χ3n) is 1.73. The molecule has 8 heteroatoms. The lowest BCUT2D eigenvalue weighted by Crippen LogP contribution is -2.26. The maximum absolute atomic E-state index is 11.8. The van der Waals surface area contributed by atoms with Crippen LogP contribution in [0.15, 0.2) is 16.3 Å². The van der Waals surface area contributed by atoms with Crippen LogP contribution in [0.5, 0.6) is 0 Å². The third kappa shape index (κ3) is 2.38. The van der Waals surface area contributed by atoms with Gasteiger partial charge in [-0.25, -0.2) is 8.42 Å². The van der Waals surface area contributed by atoms with Crippen LogP contribution in [0.2, 0.25) is 0 Å². The molecule has 0 bridgehead atoms. The Balaban J connectivity index is 3.09. The lowest BCUT2D eigenvalue weighted by Gasteiger charge is -2.11. The summed E-state index contributed by atoms with van der Waals surface area (Å²) in [6.45, 7) is -0.0754. The van der Waals surface area contributed by atoms with Gasteiger partial charge in [-0.15, -0.1) is 6.42 Å². The zero-order chi connectivity index (χ0) is 12.3. The highest BCUT2D eigenvalue weighted by atomic mass is 32.2. The number of nitro groups is 1. The average Bonchev–Trinajstić information content (AvgIpc) is 2.67. The van der Waals surface area contributed by atoms with E-state index in [9.17, 15) is 18.5 Å². The molecule has 0 N–H and O–H groups in total. The Morgan fingerprint density at radius 3 is 2.69 bits per heavy atom. The molecule has 0 spiro atoms. The van der Waals surface area contributed by atoms with Gasteiger partial charge in [-0.2, -0.15) is 4.31 Å². The van der Waals surface area contributed by atoms with Gasteiger partial charge in [0.2, 0.25) is 0 Å². The molecule has 1 heterocycles. The fraction of sp³-hybridized carbons (Fsp3) is 0.250. The Morgan fingerprint density at radius 1 is 1.62 bits per heavy atom. The predicted molar refractivity (Wildman–Crippen MR) is 59.6 cm³/mol. The quantitative estimate of drug-likeness (QED) is 0.458. The molecule has 0 unspecified atom stereocenters. The number of nitrogens with zero attached hydrogens (tertiary/aromatic N) is 2. The van der Waals surface area contributed by atoms with Crippen LogP contribution >= 0.6 is 11.3 Å². The molecule has 86 valence electrons. The van der Waals surface area contributed by atoms with Crippen molar-refractivity contribution >= 4 is 26.4 Å². The van der Waals surface area contributed by atoms with Crippen molar-refractivity contribution in [1.29, 1.82) is 0 Å². The van der Waals surface area contributed by atoms with Crippen LogP contribution in [0.25, 0.3) is 0 Å². The van der Waals surface area contributed by atoms with E-state index in [2.05, 4.69) is 5.92 Å². The summed E-state index contributed by atoms with van der Waals surface area (Å²) >= 11 is 0.605. The Hall–Kier alpha value is -1.43. The van der Waals surface area contributed by atoms with Crippen LogP contribution in [-0.4, -0.2) is 31.2 Å². The van der Waals surface area contributed by atoms with Crippen molar-refractivity contribution in [2.45, 2.75) is 4.21 Å². The normalized spacial score (nSPS) is 11.3. The van der Waals surface area contributed by atoms with Gasteiger partial charge in [0.25, 0.3) is 10.0 Å². The highest BCUT2D eigenvalue weighted by Crippen LogP contribution is 2.29. The molecule has 1 aromatic rings. The van der Waals surface area contributed by atoms with E-state index in [1.54, 1.807) is 0 Å². The summed E-state index contributed by atoms with van der Waals surface area (Å²) in [5, 5.41) is 10.2. The van der Waals surface area contributed by atoms with Gasteiger partial charge in [0.1, 0.15) is 4.21 Å². The second kappa shape index (κ2) is 4.61. The van der Waals surface area contributed by atoms with Crippen LogP contribution in [0.1, 0.15) is 0 Å². The predicted octanol–water partition coefficient (Wildman–Crippen LogP) is 0.910. The van der Waals surface area contributed by atoms with E-state index in [0.29, 0.717) is 11.3 Å². The van der Waals surface area contributed by atoms with Gasteiger partial charge in [0.15, 0.2) is 0 Å². The molecule has 0 aromatic carbocycles. The molecule has 0 amide bonds. The minimum Gasteiger partial charge on any atom is -0.258 e. The number of terminal acetylenes is 1. The summed E-state index contributed by atoms with van der Waals surface area (Å²) < 4.78 is 24.4. The second-order valence-corrected chi connectivity index (χ2v) is 6.15. The van der Waals surface area contributed by atoms with Gasteiger partial charge < -0.3 is 0 Å². The van der Waals surface area contributed by atoms with Gasteiger partial charge in [-0.1, -0.05) is 5.92 Å². The highest BCUT2D eigenvalue weighted by Gasteiger charge is 2.24. The molecular weight excluding hydrogens is 252 g/mol. The van der Waals surface area contributed by atoms with Crippen LogP contribution in [0.3, 0.4) is 0 Å². The topological polar surface area (TPSA) is 80.5 Å². The lowest BCUT2D eigenvalue weighted by atomic mass is 10.6. The van der Waals surface area contributed by atoms with Crippen molar-refractivity contribution in [2.24, 2.45) is 0 Å². The molecule has 0 aliphatic carbocycles. The molecule has 0 atom stereocenters. The first-order valence-corrected chi connectivity index (χ1v) is 6.29. The van der Waals surface area contributed by atoms with Gasteiger partial charge in [0.05, 0.1) is 11.5 Å². The maximum atomic E-state index is 11.8. The van der Waals surface area contributed by atoms with Gasteiger partial charge in [0, 0.05) is 13.1 Å². The number of hydrogen-bond acceptors (Lipinski definition) is 5. The molecule has 1 rings (SSSR count). The first-order valence-electron chi connectivity index (χ1n) is 4.03. The van der Waals surface area contributed by atoms with E-state index in [-0.39, 0.29) is 15.8 Å². The molecule has 1 aromatic heterocycles. The number of hydrogen-bond donors (Lipinski definition) is 0. The summed E-state index contributed by atoms with van der Waals surface area (Å²) in [4.78, 5) is 9.78. The van der Waals surface area contributed by atoms with E-state index in [0.717, 1.165) is 10.4 Å². The molecule has 6 nitrogen and oxygen atoms in total. The van der Waals surface area contributed by atoms with Crippen molar-refractivity contribution in [3.63, 3.8) is 0 Å². The largest absolute Gasteiger partial charge is 0.325 e. The monoisotopic (exact) mass is 260 g/mol. The number of rotatable bonds is 4. The fourth-order valence-electron chi connectivity index (χ4n) is 0.914. The lowest BCUT2D eigenvalue weighted by molar-refractivity contribution is -0.380. The van der Waals surface area contributed by atoms with E-state index in [1.807, 2.05) is 0 Å². The molecule has 16 heavy (non-hydrogen) atoms. The standard InChI is InChI=1S/C8H8N2O4S2/c1-3-6-9(2)16(13,14)8-5-4-7(15-8)10(11)12/h1,4-5H,6H2,2H3. The third-order valence-corrected chi connectivity index (χ3v) is 5.03. The van der Waals surface area contributed by atoms with Crippen LogP contribution in [0.4, 0.5) is 5.00 Å². The summed E-state index contributed by atoms with van der Waals surface area (Å²) in [7, 11) is -2.39. The molecule has 0 saturated heterocycles. The smallest absolute Gasteiger partial charge is 0.258 e.